The summed E-state index contributed by atoms with van der Waals surface area (Å²) in [6, 6.07) is 0. The lowest BCUT2D eigenvalue weighted by molar-refractivity contribution is 0.596. The van der Waals surface area contributed by atoms with Crippen molar-refractivity contribution < 1.29 is 8.42 Å². The predicted octanol–water partition coefficient (Wildman–Crippen LogP) is 1.12. The Morgan fingerprint density at radius 2 is 1.91 bits per heavy atom. The van der Waals surface area contributed by atoms with Gasteiger partial charge in [0.15, 0.2) is 0 Å². The Kier molecular flexibility index (Phi) is 1.98. The molecule has 0 aromatic carbocycles. The number of hydrogen-bond donors (Lipinski definition) is 0. The van der Waals surface area contributed by atoms with Crippen molar-refractivity contribution in [2.24, 2.45) is 4.52 Å². The molecule has 0 bridgehead atoms. The lowest BCUT2D eigenvalue weighted by Gasteiger charge is -1.97. The molecule has 0 atom stereocenters. The predicted molar refractivity (Wildman–Crippen MR) is 40.1 cm³/mol. The van der Waals surface area contributed by atoms with Crippen LogP contribution in [0.4, 0.5) is 0 Å². The van der Waals surface area contributed by atoms with Gasteiger partial charge >= 0.3 is 0 Å². The second-order valence-electron chi connectivity index (χ2n) is 1.92. The first-order valence-electron chi connectivity index (χ1n) is 2.82. The van der Waals surface area contributed by atoms with Crippen molar-refractivity contribution in [3.8, 4) is 0 Å². The van der Waals surface area contributed by atoms with Gasteiger partial charge in [-0.15, -0.1) is 0 Å². The molecule has 0 aromatic rings. The van der Waals surface area contributed by atoms with Gasteiger partial charge in [0.2, 0.25) is 10.0 Å². The fourth-order valence-corrected chi connectivity index (χ4v) is 1.50. The molecular weight excluding hydrogens is 166 g/mol. The highest BCUT2D eigenvalue weighted by Crippen LogP contribution is 2.12. The van der Waals surface area contributed by atoms with Crippen molar-refractivity contribution in [1.82, 2.24) is 0 Å². The molecule has 0 saturated heterocycles. The molecule has 0 unspecified atom stereocenters. The molecule has 0 saturated carbocycles. The Labute approximate surface area is 63.7 Å². The van der Waals surface area contributed by atoms with Crippen LogP contribution < -0.4 is 0 Å². The van der Waals surface area contributed by atoms with E-state index in [9.17, 15) is 8.42 Å². The molecule has 1 aliphatic carbocycles. The molecule has 0 fully saturated rings. The van der Waals surface area contributed by atoms with Crippen LogP contribution >= 0.6 is 0 Å². The normalized spacial score (nSPS) is 16.7. The van der Waals surface area contributed by atoms with Gasteiger partial charge in [0.1, 0.15) is 5.25 Å². The largest absolute Gasteiger partial charge is 0.245 e. The van der Waals surface area contributed by atoms with Crippen molar-refractivity contribution in [3.63, 3.8) is 0 Å². The fourth-order valence-electron chi connectivity index (χ4n) is 0.715. The standard InChI is InChI=1S/C5H5N3O2S/c6-7-8-11(9,10)5-3-1-2-4-5/h1-5H. The van der Waals surface area contributed by atoms with Gasteiger partial charge in [-0.1, -0.05) is 24.3 Å². The summed E-state index contributed by atoms with van der Waals surface area (Å²) in [5.41, 5.74) is 7.89. The number of azide groups is 1. The zero-order chi connectivity index (χ0) is 8.32. The Morgan fingerprint density at radius 1 is 1.36 bits per heavy atom. The molecule has 1 aliphatic rings. The van der Waals surface area contributed by atoms with E-state index in [1.165, 1.54) is 12.2 Å². The van der Waals surface area contributed by atoms with E-state index in [1.54, 1.807) is 12.2 Å². The molecule has 6 heteroatoms. The van der Waals surface area contributed by atoms with Crippen molar-refractivity contribution in [2.75, 3.05) is 0 Å². The van der Waals surface area contributed by atoms with Gasteiger partial charge in [-0.25, -0.2) is 8.42 Å². The number of rotatable bonds is 2. The first-order valence-corrected chi connectivity index (χ1v) is 4.32. The van der Waals surface area contributed by atoms with E-state index in [1.807, 2.05) is 0 Å². The van der Waals surface area contributed by atoms with Gasteiger partial charge in [0.25, 0.3) is 0 Å². The van der Waals surface area contributed by atoms with Crippen LogP contribution in [0.2, 0.25) is 0 Å². The van der Waals surface area contributed by atoms with E-state index >= 15 is 0 Å². The molecule has 0 radical (unpaired) electrons. The van der Waals surface area contributed by atoms with Crippen LogP contribution in [-0.2, 0) is 10.0 Å². The topological polar surface area (TPSA) is 82.9 Å². The zero-order valence-corrected chi connectivity index (χ0v) is 6.27. The highest BCUT2D eigenvalue weighted by molar-refractivity contribution is 7.91. The van der Waals surface area contributed by atoms with Gasteiger partial charge in [0, 0.05) is 9.43 Å². The highest BCUT2D eigenvalue weighted by atomic mass is 32.2. The molecule has 0 aliphatic heterocycles. The lowest BCUT2D eigenvalue weighted by atomic mass is 10.5. The Balaban J connectivity index is 2.99. The van der Waals surface area contributed by atoms with Crippen LogP contribution in [0.3, 0.4) is 0 Å². The summed E-state index contributed by atoms with van der Waals surface area (Å²) in [6.07, 6.45) is 6.08. The molecule has 0 amide bonds. The Bertz CT molecular complexity index is 336. The second kappa shape index (κ2) is 2.77. The highest BCUT2D eigenvalue weighted by Gasteiger charge is 2.19. The summed E-state index contributed by atoms with van der Waals surface area (Å²) in [7, 11) is -3.68. The third-order valence-corrected chi connectivity index (χ3v) is 2.51. The lowest BCUT2D eigenvalue weighted by Crippen LogP contribution is -2.10. The summed E-state index contributed by atoms with van der Waals surface area (Å²) < 4.78 is 24.5. The molecule has 0 heterocycles. The van der Waals surface area contributed by atoms with E-state index < -0.39 is 15.3 Å². The molecular formula is C5H5N3O2S. The molecule has 0 N–H and O–H groups in total. The van der Waals surface area contributed by atoms with Gasteiger partial charge in [-0.05, 0) is 5.53 Å². The van der Waals surface area contributed by atoms with Crippen molar-refractivity contribution in [3.05, 3.63) is 34.7 Å². The number of allylic oxidation sites excluding steroid dienone is 2. The number of nitrogens with zero attached hydrogens (tertiary/aromatic N) is 3. The molecule has 0 spiro atoms. The van der Waals surface area contributed by atoms with E-state index in [0.29, 0.717) is 0 Å². The summed E-state index contributed by atoms with van der Waals surface area (Å²) in [5.74, 6) is 0. The minimum atomic E-state index is -3.68. The summed E-state index contributed by atoms with van der Waals surface area (Å²) in [5, 5.41) is -0.779. The van der Waals surface area contributed by atoms with Crippen LogP contribution in [-0.4, -0.2) is 13.7 Å². The van der Waals surface area contributed by atoms with Crippen LogP contribution in [0.5, 0.6) is 0 Å². The maximum atomic E-state index is 10.9. The SMILES string of the molecule is [N-]=[N+]=NS(=O)(=O)C1C=CC=C1. The maximum absolute atomic E-state index is 10.9. The van der Waals surface area contributed by atoms with Crippen LogP contribution in [0, 0.1) is 0 Å². The minimum Gasteiger partial charge on any atom is -0.220 e. The van der Waals surface area contributed by atoms with Gasteiger partial charge in [-0.3, -0.25) is 0 Å². The summed E-state index contributed by atoms with van der Waals surface area (Å²) >= 11 is 0. The summed E-state index contributed by atoms with van der Waals surface area (Å²) in [6.45, 7) is 0. The smallest absolute Gasteiger partial charge is 0.220 e. The number of sulfonamides is 1. The number of hydrogen-bond acceptors (Lipinski definition) is 2. The first kappa shape index (κ1) is 7.84. The second-order valence-corrected chi connectivity index (χ2v) is 3.66. The quantitative estimate of drug-likeness (QED) is 0.354. The van der Waals surface area contributed by atoms with Gasteiger partial charge in [0.05, 0.1) is 0 Å². The molecule has 11 heavy (non-hydrogen) atoms. The van der Waals surface area contributed by atoms with Crippen molar-refractivity contribution >= 4 is 10.0 Å². The fraction of sp³-hybridized carbons (Fsp3) is 0.200. The zero-order valence-electron chi connectivity index (χ0n) is 5.45. The average molecular weight is 171 g/mol. The van der Waals surface area contributed by atoms with E-state index in [-0.39, 0.29) is 0 Å². The molecule has 58 valence electrons. The maximum Gasteiger partial charge on any atom is 0.245 e. The third-order valence-electron chi connectivity index (χ3n) is 1.21. The molecule has 5 nitrogen and oxygen atoms in total. The first-order chi connectivity index (χ1) is 5.17. The van der Waals surface area contributed by atoms with Crippen LogP contribution in [0.1, 0.15) is 0 Å². The van der Waals surface area contributed by atoms with Gasteiger partial charge in [-0.2, -0.15) is 0 Å². The van der Waals surface area contributed by atoms with Crippen LogP contribution in [0.25, 0.3) is 10.4 Å². The monoisotopic (exact) mass is 171 g/mol. The van der Waals surface area contributed by atoms with E-state index in [0.717, 1.165) is 0 Å². The summed E-state index contributed by atoms with van der Waals surface area (Å²) in [4.78, 5) is 2.22. The van der Waals surface area contributed by atoms with Gasteiger partial charge < -0.3 is 0 Å². The molecule has 0 aromatic heterocycles. The van der Waals surface area contributed by atoms with E-state index in [2.05, 4.69) is 9.43 Å². The molecule has 1 rings (SSSR count). The Hall–Kier alpha value is -1.26. The Morgan fingerprint density at radius 3 is 2.36 bits per heavy atom. The third kappa shape index (κ3) is 1.60. The average Bonchev–Trinajstić information content (AvgIpc) is 2.37. The minimum absolute atomic E-state index is 0.779. The van der Waals surface area contributed by atoms with Crippen LogP contribution in [0.15, 0.2) is 28.8 Å². The van der Waals surface area contributed by atoms with E-state index in [4.69, 9.17) is 5.53 Å². The van der Waals surface area contributed by atoms with Crippen molar-refractivity contribution in [2.45, 2.75) is 5.25 Å². The van der Waals surface area contributed by atoms with Crippen molar-refractivity contribution in [1.29, 1.82) is 0 Å².